The van der Waals surface area contributed by atoms with Crippen LogP contribution in [0.4, 0.5) is 0 Å². The Kier molecular flexibility index (Phi) is 5.46. The lowest BCUT2D eigenvalue weighted by molar-refractivity contribution is -0.142. The first kappa shape index (κ1) is 18.2. The van der Waals surface area contributed by atoms with Crippen molar-refractivity contribution in [3.63, 3.8) is 0 Å². The Balaban J connectivity index is 1.53. The highest BCUT2D eigenvalue weighted by atomic mass is 32.2. The van der Waals surface area contributed by atoms with Gasteiger partial charge in [0.25, 0.3) is 5.91 Å². The van der Waals surface area contributed by atoms with Crippen LogP contribution < -0.4 is 10.1 Å². The Morgan fingerprint density at radius 3 is 2.92 bits per heavy atom. The van der Waals surface area contributed by atoms with E-state index < -0.39 is 0 Å². The zero-order valence-electron chi connectivity index (χ0n) is 15.9. The minimum atomic E-state index is -0.387. The van der Waals surface area contributed by atoms with Gasteiger partial charge in [-0.25, -0.2) is 0 Å². The van der Waals surface area contributed by atoms with Crippen LogP contribution in [0, 0.1) is 6.92 Å². The summed E-state index contributed by atoms with van der Waals surface area (Å²) in [5.41, 5.74) is 2.35. The molecule has 5 heteroatoms. The number of fused-ring (bicyclic) bond motifs is 1. The summed E-state index contributed by atoms with van der Waals surface area (Å²) in [5.74, 6) is 2.40. The van der Waals surface area contributed by atoms with Gasteiger partial charge in [-0.05, 0) is 63.0 Å². The number of hydrogen-bond donors (Lipinski definition) is 1. The van der Waals surface area contributed by atoms with Gasteiger partial charge in [0.05, 0.1) is 6.17 Å². The predicted molar refractivity (Wildman–Crippen MR) is 107 cm³/mol. The summed E-state index contributed by atoms with van der Waals surface area (Å²) in [6.07, 6.45) is 5.73. The van der Waals surface area contributed by atoms with Crippen LogP contribution in [0.1, 0.15) is 56.1 Å². The van der Waals surface area contributed by atoms with Crippen LogP contribution in [0.15, 0.2) is 18.2 Å². The summed E-state index contributed by atoms with van der Waals surface area (Å²) in [4.78, 5) is 15.7. The van der Waals surface area contributed by atoms with Gasteiger partial charge < -0.3 is 9.64 Å². The Bertz CT molecular complexity index is 653. The molecular weight excluding hydrogens is 344 g/mol. The normalized spacial score (nSPS) is 30.7. The molecule has 0 aliphatic carbocycles. The first-order valence-electron chi connectivity index (χ1n) is 10.1. The van der Waals surface area contributed by atoms with Gasteiger partial charge >= 0.3 is 0 Å². The second kappa shape index (κ2) is 7.81. The minimum absolute atomic E-state index is 0.112. The molecule has 4 atom stereocenters. The van der Waals surface area contributed by atoms with Crippen molar-refractivity contribution >= 4 is 17.7 Å². The van der Waals surface area contributed by atoms with E-state index in [1.165, 1.54) is 42.6 Å². The topological polar surface area (TPSA) is 41.6 Å². The summed E-state index contributed by atoms with van der Waals surface area (Å²) in [6.45, 7) is 6.05. The largest absolute Gasteiger partial charge is 0.480 e. The summed E-state index contributed by atoms with van der Waals surface area (Å²) >= 11 is 2.02. The van der Waals surface area contributed by atoms with Crippen LogP contribution in [0.3, 0.4) is 0 Å². The van der Waals surface area contributed by atoms with Crippen molar-refractivity contribution in [2.75, 3.05) is 18.8 Å². The first-order valence-corrected chi connectivity index (χ1v) is 11.1. The van der Waals surface area contributed by atoms with E-state index in [-0.39, 0.29) is 24.1 Å². The van der Waals surface area contributed by atoms with Crippen LogP contribution in [-0.4, -0.2) is 47.2 Å². The van der Waals surface area contributed by atoms with Crippen LogP contribution in [0.25, 0.3) is 0 Å². The monoisotopic (exact) mass is 374 g/mol. The van der Waals surface area contributed by atoms with E-state index in [1.807, 2.05) is 11.8 Å². The number of rotatable bonds is 4. The van der Waals surface area contributed by atoms with Crippen molar-refractivity contribution < 1.29 is 9.53 Å². The van der Waals surface area contributed by atoms with Gasteiger partial charge in [-0.15, -0.1) is 0 Å². The lowest BCUT2D eigenvalue weighted by atomic mass is 9.95. The van der Waals surface area contributed by atoms with Crippen molar-refractivity contribution in [3.05, 3.63) is 29.3 Å². The van der Waals surface area contributed by atoms with E-state index in [4.69, 9.17) is 4.74 Å². The number of nitrogens with one attached hydrogen (secondary N) is 1. The van der Waals surface area contributed by atoms with Gasteiger partial charge in [-0.1, -0.05) is 19.1 Å². The second-order valence-electron chi connectivity index (χ2n) is 7.96. The molecule has 3 aliphatic heterocycles. The zero-order chi connectivity index (χ0) is 18.1. The number of carbonyl (C=O) groups excluding carboxylic acids is 1. The molecule has 2 saturated heterocycles. The lowest BCUT2D eigenvalue weighted by Gasteiger charge is -2.38. The maximum absolute atomic E-state index is 13.5. The van der Waals surface area contributed by atoms with Crippen LogP contribution in [0.5, 0.6) is 5.75 Å². The highest BCUT2D eigenvalue weighted by Crippen LogP contribution is 2.40. The van der Waals surface area contributed by atoms with Crippen molar-refractivity contribution in [2.24, 2.45) is 0 Å². The van der Waals surface area contributed by atoms with Crippen molar-refractivity contribution in [1.29, 1.82) is 0 Å². The van der Waals surface area contributed by atoms with E-state index in [1.54, 1.807) is 0 Å². The summed E-state index contributed by atoms with van der Waals surface area (Å²) in [5, 5.41) is 4.16. The Morgan fingerprint density at radius 2 is 2.19 bits per heavy atom. The van der Waals surface area contributed by atoms with E-state index in [0.717, 1.165) is 25.3 Å². The molecule has 3 aliphatic rings. The molecule has 26 heavy (non-hydrogen) atoms. The van der Waals surface area contributed by atoms with E-state index in [0.29, 0.717) is 5.25 Å². The summed E-state index contributed by atoms with van der Waals surface area (Å²) in [7, 11) is 0. The Morgan fingerprint density at radius 1 is 1.31 bits per heavy atom. The molecule has 142 valence electrons. The first-order chi connectivity index (χ1) is 12.6. The molecular formula is C21H30N2O2S. The zero-order valence-corrected chi connectivity index (χ0v) is 16.7. The van der Waals surface area contributed by atoms with E-state index in [9.17, 15) is 4.79 Å². The SMILES string of the molecule is Cc1ccc2c(c1)OC(C(=O)N(CC1CCCS1)C1CCCCN1)C2C. The molecule has 2 fully saturated rings. The molecule has 1 aromatic carbocycles. The number of ether oxygens (including phenoxy) is 1. The number of hydrogen-bond acceptors (Lipinski definition) is 4. The molecule has 4 rings (SSSR count). The smallest absolute Gasteiger partial charge is 0.265 e. The Labute approximate surface area is 161 Å². The molecule has 0 spiro atoms. The number of carbonyl (C=O) groups is 1. The highest BCUT2D eigenvalue weighted by Gasteiger charge is 2.41. The molecule has 0 saturated carbocycles. The number of piperidine rings is 1. The van der Waals surface area contributed by atoms with Crippen molar-refractivity contribution in [3.8, 4) is 5.75 Å². The molecule has 0 radical (unpaired) electrons. The molecule has 0 aromatic heterocycles. The third kappa shape index (κ3) is 3.61. The quantitative estimate of drug-likeness (QED) is 0.873. The number of aryl methyl sites for hydroxylation is 1. The van der Waals surface area contributed by atoms with Gasteiger partial charge in [0.15, 0.2) is 6.10 Å². The maximum atomic E-state index is 13.5. The van der Waals surface area contributed by atoms with Gasteiger partial charge in [-0.3, -0.25) is 10.1 Å². The number of amides is 1. The lowest BCUT2D eigenvalue weighted by Crippen LogP contribution is -2.56. The van der Waals surface area contributed by atoms with Gasteiger partial charge in [-0.2, -0.15) is 11.8 Å². The number of nitrogens with zero attached hydrogens (tertiary/aromatic N) is 1. The Hall–Kier alpha value is -1.20. The van der Waals surface area contributed by atoms with Crippen molar-refractivity contribution in [1.82, 2.24) is 10.2 Å². The standard InChI is InChI=1S/C21H30N2O2S/c1-14-8-9-17-15(2)20(25-18(17)12-14)21(24)23(13-16-6-5-11-26-16)19-7-3-4-10-22-19/h8-9,12,15-16,19-20,22H,3-7,10-11,13H2,1-2H3. The van der Waals surface area contributed by atoms with Gasteiger partial charge in [0.1, 0.15) is 5.75 Å². The molecule has 1 N–H and O–H groups in total. The fourth-order valence-electron chi connectivity index (χ4n) is 4.43. The average Bonchev–Trinajstić information content (AvgIpc) is 3.28. The molecule has 4 nitrogen and oxygen atoms in total. The van der Waals surface area contributed by atoms with Gasteiger partial charge in [0, 0.05) is 23.3 Å². The fraction of sp³-hybridized carbons (Fsp3) is 0.667. The summed E-state index contributed by atoms with van der Waals surface area (Å²) in [6, 6.07) is 6.30. The number of benzene rings is 1. The third-order valence-electron chi connectivity index (χ3n) is 5.98. The molecule has 4 unspecified atom stereocenters. The molecule has 1 amide bonds. The van der Waals surface area contributed by atoms with E-state index in [2.05, 4.69) is 42.3 Å². The second-order valence-corrected chi connectivity index (χ2v) is 9.37. The average molecular weight is 375 g/mol. The summed E-state index contributed by atoms with van der Waals surface area (Å²) < 4.78 is 6.17. The number of thioether (sulfide) groups is 1. The molecule has 1 aromatic rings. The molecule has 3 heterocycles. The molecule has 0 bridgehead atoms. The van der Waals surface area contributed by atoms with Gasteiger partial charge in [0.2, 0.25) is 0 Å². The highest BCUT2D eigenvalue weighted by molar-refractivity contribution is 8.00. The van der Waals surface area contributed by atoms with Crippen LogP contribution in [-0.2, 0) is 4.79 Å². The maximum Gasteiger partial charge on any atom is 0.265 e. The van der Waals surface area contributed by atoms with Crippen molar-refractivity contribution in [2.45, 2.75) is 69.4 Å². The van der Waals surface area contributed by atoms with Crippen LogP contribution in [0.2, 0.25) is 0 Å². The minimum Gasteiger partial charge on any atom is -0.480 e. The fourth-order valence-corrected chi connectivity index (χ4v) is 5.69. The third-order valence-corrected chi connectivity index (χ3v) is 7.36. The predicted octanol–water partition coefficient (Wildman–Crippen LogP) is 3.68. The van der Waals surface area contributed by atoms with E-state index >= 15 is 0 Å². The van der Waals surface area contributed by atoms with Crippen LogP contribution >= 0.6 is 11.8 Å².